The van der Waals surface area contributed by atoms with Crippen molar-refractivity contribution in [3.63, 3.8) is 0 Å². The maximum absolute atomic E-state index is 13.2. The Hall–Kier alpha value is -2.39. The van der Waals surface area contributed by atoms with E-state index in [1.165, 1.54) is 0 Å². The molecule has 0 unspecified atom stereocenters. The van der Waals surface area contributed by atoms with Crippen LogP contribution in [-0.4, -0.2) is 84.4 Å². The van der Waals surface area contributed by atoms with E-state index in [2.05, 4.69) is 4.98 Å². The van der Waals surface area contributed by atoms with Crippen LogP contribution in [0.4, 0.5) is 0 Å². The minimum absolute atomic E-state index is 0.0819. The summed E-state index contributed by atoms with van der Waals surface area (Å²) in [7, 11) is 0. The number of carbonyl (C=O) groups is 3. The lowest BCUT2D eigenvalue weighted by atomic mass is 9.84. The Labute approximate surface area is 201 Å². The number of piperidine rings is 2. The third-order valence-electron chi connectivity index (χ3n) is 7.70. The molecule has 9 heteroatoms. The Morgan fingerprint density at radius 1 is 1.06 bits per heavy atom. The van der Waals surface area contributed by atoms with Gasteiger partial charge in [0.25, 0.3) is 5.91 Å². The SMILES string of the molecule is CCOC(=O)c1c(C)[nH]c(C(=O)N2CCC([C@H](C)C(=O)N3CCC4(CC3)OCCO4)CC2)c1C. The number of aryl methyl sites for hydroxylation is 1. The number of ether oxygens (including phenoxy) is 3. The van der Waals surface area contributed by atoms with Crippen LogP contribution in [0.3, 0.4) is 0 Å². The van der Waals surface area contributed by atoms with E-state index in [1.807, 2.05) is 16.7 Å². The highest BCUT2D eigenvalue weighted by Gasteiger charge is 2.42. The third kappa shape index (κ3) is 4.73. The predicted molar refractivity (Wildman–Crippen MR) is 124 cm³/mol. The van der Waals surface area contributed by atoms with Crippen molar-refractivity contribution in [1.82, 2.24) is 14.8 Å². The summed E-state index contributed by atoms with van der Waals surface area (Å²) >= 11 is 0. The van der Waals surface area contributed by atoms with E-state index in [0.717, 1.165) is 25.7 Å². The fraction of sp³-hybridized carbons (Fsp3) is 0.720. The number of hydrogen-bond donors (Lipinski definition) is 1. The summed E-state index contributed by atoms with van der Waals surface area (Å²) in [5, 5.41) is 0. The van der Waals surface area contributed by atoms with Crippen LogP contribution in [0.1, 0.15) is 71.6 Å². The topological polar surface area (TPSA) is 101 Å². The molecule has 0 radical (unpaired) electrons. The van der Waals surface area contributed by atoms with Gasteiger partial charge in [-0.15, -0.1) is 0 Å². The molecule has 2 amide bonds. The molecule has 0 bridgehead atoms. The fourth-order valence-electron chi connectivity index (χ4n) is 5.58. The van der Waals surface area contributed by atoms with Crippen LogP contribution in [0, 0.1) is 25.7 Å². The van der Waals surface area contributed by atoms with Crippen molar-refractivity contribution in [1.29, 1.82) is 0 Å². The average Bonchev–Trinajstić information content (AvgIpc) is 3.42. The van der Waals surface area contributed by atoms with E-state index in [0.29, 0.717) is 61.9 Å². The average molecular weight is 476 g/mol. The number of rotatable bonds is 5. The van der Waals surface area contributed by atoms with Crippen molar-refractivity contribution in [2.24, 2.45) is 11.8 Å². The molecule has 0 saturated carbocycles. The molecule has 1 aromatic rings. The van der Waals surface area contributed by atoms with Gasteiger partial charge in [0.15, 0.2) is 5.79 Å². The van der Waals surface area contributed by atoms with Crippen LogP contribution in [-0.2, 0) is 19.0 Å². The van der Waals surface area contributed by atoms with Crippen LogP contribution in [0.25, 0.3) is 0 Å². The van der Waals surface area contributed by atoms with E-state index < -0.39 is 11.8 Å². The lowest BCUT2D eigenvalue weighted by Gasteiger charge is -2.40. The zero-order valence-electron chi connectivity index (χ0n) is 20.8. The lowest BCUT2D eigenvalue weighted by molar-refractivity contribution is -0.188. The minimum Gasteiger partial charge on any atom is -0.462 e. The Balaban J connectivity index is 1.31. The van der Waals surface area contributed by atoms with E-state index in [1.54, 1.807) is 20.8 Å². The number of aromatic amines is 1. The number of aromatic nitrogens is 1. The van der Waals surface area contributed by atoms with Crippen molar-refractivity contribution in [3.05, 3.63) is 22.5 Å². The lowest BCUT2D eigenvalue weighted by Crippen LogP contribution is -2.50. The predicted octanol–water partition coefficient (Wildman–Crippen LogP) is 2.66. The zero-order valence-corrected chi connectivity index (χ0v) is 20.8. The van der Waals surface area contributed by atoms with Crippen molar-refractivity contribution >= 4 is 17.8 Å². The highest BCUT2D eigenvalue weighted by molar-refractivity contribution is 6.00. The van der Waals surface area contributed by atoms with Crippen LogP contribution >= 0.6 is 0 Å². The number of amides is 2. The molecule has 1 aromatic heterocycles. The number of nitrogens with zero attached hydrogens (tertiary/aromatic N) is 2. The van der Waals surface area contributed by atoms with E-state index in [4.69, 9.17) is 14.2 Å². The standard InChI is InChI=1S/C25H37N3O6/c1-5-32-24(31)20-17(3)21(26-18(20)4)23(30)27-10-6-19(7-11-27)16(2)22(29)28-12-8-25(9-13-28)33-14-15-34-25/h16,19,26H,5-15H2,1-4H3/t16-/m0/s1. The molecule has 1 spiro atoms. The first-order valence-corrected chi connectivity index (χ1v) is 12.5. The number of H-pyrrole nitrogens is 1. The van der Waals surface area contributed by atoms with Gasteiger partial charge in [0.2, 0.25) is 5.91 Å². The molecule has 1 N–H and O–H groups in total. The molecule has 0 aromatic carbocycles. The maximum Gasteiger partial charge on any atom is 0.340 e. The van der Waals surface area contributed by atoms with Gasteiger partial charge in [-0.1, -0.05) is 6.92 Å². The number of esters is 1. The molecule has 3 aliphatic rings. The third-order valence-corrected chi connectivity index (χ3v) is 7.70. The van der Waals surface area contributed by atoms with E-state index in [9.17, 15) is 14.4 Å². The number of nitrogens with one attached hydrogen (secondary N) is 1. The van der Waals surface area contributed by atoms with Crippen molar-refractivity contribution in [2.75, 3.05) is 46.0 Å². The second kappa shape index (κ2) is 10.1. The minimum atomic E-state index is -0.479. The quantitative estimate of drug-likeness (QED) is 0.657. The highest BCUT2D eigenvalue weighted by atomic mass is 16.7. The van der Waals surface area contributed by atoms with Crippen molar-refractivity contribution < 1.29 is 28.6 Å². The molecule has 3 fully saturated rings. The first kappa shape index (κ1) is 24.7. The smallest absolute Gasteiger partial charge is 0.340 e. The summed E-state index contributed by atoms with van der Waals surface area (Å²) in [5.41, 5.74) is 2.16. The summed E-state index contributed by atoms with van der Waals surface area (Å²) in [4.78, 5) is 45.5. The van der Waals surface area contributed by atoms with Crippen molar-refractivity contribution in [2.45, 2.75) is 59.2 Å². The van der Waals surface area contributed by atoms with Gasteiger partial charge in [0, 0.05) is 50.6 Å². The summed E-state index contributed by atoms with van der Waals surface area (Å²) < 4.78 is 16.7. The maximum atomic E-state index is 13.2. The van der Waals surface area contributed by atoms with Gasteiger partial charge in [-0.05, 0) is 45.1 Å². The van der Waals surface area contributed by atoms with Crippen LogP contribution in [0.2, 0.25) is 0 Å². The summed E-state index contributed by atoms with van der Waals surface area (Å²) in [5.74, 6) is -0.644. The highest BCUT2D eigenvalue weighted by Crippen LogP contribution is 2.33. The second-order valence-electron chi connectivity index (χ2n) is 9.70. The van der Waals surface area contributed by atoms with Crippen LogP contribution in [0.5, 0.6) is 0 Å². The fourth-order valence-corrected chi connectivity index (χ4v) is 5.58. The molecule has 0 aliphatic carbocycles. The molecule has 4 heterocycles. The van der Waals surface area contributed by atoms with Crippen molar-refractivity contribution in [3.8, 4) is 0 Å². The number of likely N-dealkylation sites (tertiary alicyclic amines) is 2. The summed E-state index contributed by atoms with van der Waals surface area (Å²) in [6.45, 7) is 11.4. The van der Waals surface area contributed by atoms with Crippen LogP contribution in [0.15, 0.2) is 0 Å². The Morgan fingerprint density at radius 3 is 2.26 bits per heavy atom. The number of carbonyl (C=O) groups excluding carboxylic acids is 3. The molecular formula is C25H37N3O6. The van der Waals surface area contributed by atoms with Gasteiger partial charge in [0.1, 0.15) is 5.69 Å². The molecule has 4 rings (SSSR count). The molecule has 9 nitrogen and oxygen atoms in total. The zero-order chi connectivity index (χ0) is 24.5. The summed E-state index contributed by atoms with van der Waals surface area (Å²) in [6.07, 6.45) is 3.01. The van der Waals surface area contributed by atoms with Gasteiger partial charge >= 0.3 is 5.97 Å². The first-order valence-electron chi connectivity index (χ1n) is 12.5. The van der Waals surface area contributed by atoms with Crippen LogP contribution < -0.4 is 0 Å². The largest absolute Gasteiger partial charge is 0.462 e. The summed E-state index contributed by atoms with van der Waals surface area (Å²) in [6, 6.07) is 0. The Bertz CT molecular complexity index is 917. The normalized spacial score (nSPS) is 21.6. The van der Waals surface area contributed by atoms with E-state index >= 15 is 0 Å². The second-order valence-corrected chi connectivity index (χ2v) is 9.70. The Kier molecular flexibility index (Phi) is 7.33. The van der Waals surface area contributed by atoms with Gasteiger partial charge < -0.3 is 29.0 Å². The first-order chi connectivity index (χ1) is 16.3. The molecule has 3 saturated heterocycles. The monoisotopic (exact) mass is 475 g/mol. The van der Waals surface area contributed by atoms with Gasteiger partial charge in [-0.25, -0.2) is 4.79 Å². The number of hydrogen-bond acceptors (Lipinski definition) is 6. The van der Waals surface area contributed by atoms with Gasteiger partial charge in [-0.3, -0.25) is 9.59 Å². The Morgan fingerprint density at radius 2 is 1.68 bits per heavy atom. The van der Waals surface area contributed by atoms with E-state index in [-0.39, 0.29) is 30.3 Å². The molecule has 188 valence electrons. The molecular weight excluding hydrogens is 438 g/mol. The molecule has 1 atom stereocenters. The molecule has 3 aliphatic heterocycles. The van der Waals surface area contributed by atoms with Gasteiger partial charge in [0.05, 0.1) is 25.4 Å². The van der Waals surface area contributed by atoms with Gasteiger partial charge in [-0.2, -0.15) is 0 Å². The molecule has 34 heavy (non-hydrogen) atoms.